The Hall–Kier alpha value is -3.30. The molecule has 0 spiro atoms. The number of ether oxygens (including phenoxy) is 1. The third-order valence-electron chi connectivity index (χ3n) is 6.90. The summed E-state index contributed by atoms with van der Waals surface area (Å²) in [5.74, 6) is 2.05. The van der Waals surface area contributed by atoms with E-state index in [4.69, 9.17) is 20.0 Å². The van der Waals surface area contributed by atoms with Gasteiger partial charge in [0, 0.05) is 37.8 Å². The number of benzene rings is 1. The Bertz CT molecular complexity index is 1120. The van der Waals surface area contributed by atoms with Crippen LogP contribution in [0.1, 0.15) is 43.5 Å². The highest BCUT2D eigenvalue weighted by molar-refractivity contribution is 5.63. The largest absolute Gasteiger partial charge is 0.383 e. The van der Waals surface area contributed by atoms with Crippen molar-refractivity contribution >= 4 is 11.5 Å². The van der Waals surface area contributed by atoms with Crippen LogP contribution in [0.4, 0.5) is 5.95 Å². The van der Waals surface area contributed by atoms with Crippen LogP contribution in [-0.2, 0) is 10.2 Å². The highest BCUT2D eigenvalue weighted by Crippen LogP contribution is 2.47. The lowest BCUT2D eigenvalue weighted by molar-refractivity contribution is 0.155. The minimum atomic E-state index is -0.321. The second-order valence-electron chi connectivity index (χ2n) is 8.84. The molecule has 0 unspecified atom stereocenters. The normalized spacial score (nSPS) is 18.1. The summed E-state index contributed by atoms with van der Waals surface area (Å²) in [6, 6.07) is 8.50. The van der Waals surface area contributed by atoms with Gasteiger partial charge in [-0.2, -0.15) is 4.98 Å². The number of nitrogens with one attached hydrogen (secondary N) is 1. The van der Waals surface area contributed by atoms with Gasteiger partial charge in [0.25, 0.3) is 5.89 Å². The molecule has 3 N–H and O–H groups in total. The molecule has 172 valence electrons. The van der Waals surface area contributed by atoms with E-state index in [1.807, 2.05) is 11.2 Å². The van der Waals surface area contributed by atoms with Crippen LogP contribution in [0.2, 0.25) is 0 Å². The molecule has 0 bridgehead atoms. The van der Waals surface area contributed by atoms with Crippen LogP contribution >= 0.6 is 0 Å². The molecule has 0 radical (unpaired) electrons. The lowest BCUT2D eigenvalue weighted by atomic mass is 9.62. The molecule has 3 aromatic rings. The Labute approximate surface area is 193 Å². The number of methoxy groups -OCH3 is 1. The molecule has 3 heterocycles. The molecule has 9 nitrogen and oxygen atoms in total. The molecule has 1 fully saturated rings. The maximum Gasteiger partial charge on any atom is 0.256 e. The molecule has 1 aliphatic heterocycles. The lowest BCUT2D eigenvalue weighted by Gasteiger charge is -2.41. The molecule has 9 heteroatoms. The maximum absolute atomic E-state index is 5.74. The highest BCUT2D eigenvalue weighted by Gasteiger charge is 2.44. The minimum absolute atomic E-state index is 0.273. The Morgan fingerprint density at radius 2 is 1.94 bits per heavy atom. The summed E-state index contributed by atoms with van der Waals surface area (Å²) < 4.78 is 10.9. The molecule has 1 aliphatic carbocycles. The molecular formula is C24H29N7O2. The van der Waals surface area contributed by atoms with Gasteiger partial charge in [-0.1, -0.05) is 35.8 Å². The van der Waals surface area contributed by atoms with Gasteiger partial charge >= 0.3 is 0 Å². The Morgan fingerprint density at radius 1 is 1.18 bits per heavy atom. The average molecular weight is 448 g/mol. The summed E-state index contributed by atoms with van der Waals surface area (Å²) in [7, 11) is 1.70. The number of hydrogen-bond donors (Lipinski definition) is 2. The van der Waals surface area contributed by atoms with E-state index >= 15 is 0 Å². The first-order chi connectivity index (χ1) is 16.1. The Balaban J connectivity index is 1.43. The first-order valence-corrected chi connectivity index (χ1v) is 11.3. The first kappa shape index (κ1) is 21.5. The maximum atomic E-state index is 5.74. The van der Waals surface area contributed by atoms with Crippen LogP contribution < -0.4 is 11.2 Å². The zero-order valence-electron chi connectivity index (χ0n) is 19.0. The zero-order valence-corrected chi connectivity index (χ0v) is 19.0. The van der Waals surface area contributed by atoms with Gasteiger partial charge in [0.1, 0.15) is 0 Å². The predicted octanol–water partition coefficient (Wildman–Crippen LogP) is 3.02. The lowest BCUT2D eigenvalue weighted by Crippen LogP contribution is -2.38. The second-order valence-corrected chi connectivity index (χ2v) is 8.84. The summed E-state index contributed by atoms with van der Waals surface area (Å²) in [5.41, 5.74) is 12.7. The van der Waals surface area contributed by atoms with Crippen molar-refractivity contribution in [2.45, 2.75) is 31.6 Å². The molecule has 0 saturated heterocycles. The van der Waals surface area contributed by atoms with E-state index in [0.29, 0.717) is 25.0 Å². The summed E-state index contributed by atoms with van der Waals surface area (Å²) in [6.07, 6.45) is 9.04. The minimum Gasteiger partial charge on any atom is -0.383 e. The van der Waals surface area contributed by atoms with Crippen molar-refractivity contribution in [1.82, 2.24) is 30.5 Å². The molecule has 1 atom stereocenters. The van der Waals surface area contributed by atoms with Crippen LogP contribution in [0, 0.1) is 5.92 Å². The van der Waals surface area contributed by atoms with Crippen LogP contribution in [0.3, 0.4) is 0 Å². The summed E-state index contributed by atoms with van der Waals surface area (Å²) in [6.45, 7) is 4.29. The van der Waals surface area contributed by atoms with Crippen molar-refractivity contribution in [2.75, 3.05) is 32.5 Å². The van der Waals surface area contributed by atoms with E-state index in [9.17, 15) is 0 Å². The third-order valence-corrected chi connectivity index (χ3v) is 6.90. The quantitative estimate of drug-likeness (QED) is 0.537. The smallest absolute Gasteiger partial charge is 0.256 e. The number of aromatic nitrogens is 4. The van der Waals surface area contributed by atoms with Crippen LogP contribution in [0.15, 0.2) is 47.4 Å². The summed E-state index contributed by atoms with van der Waals surface area (Å²) in [4.78, 5) is 13.1. The molecule has 1 saturated carbocycles. The van der Waals surface area contributed by atoms with Gasteiger partial charge in [0.15, 0.2) is 5.82 Å². The molecule has 0 amide bonds. The van der Waals surface area contributed by atoms with E-state index in [0.717, 1.165) is 41.9 Å². The van der Waals surface area contributed by atoms with Gasteiger partial charge in [-0.3, -0.25) is 0 Å². The van der Waals surface area contributed by atoms with Gasteiger partial charge in [-0.05, 0) is 36.8 Å². The van der Waals surface area contributed by atoms with Gasteiger partial charge in [0.05, 0.1) is 24.1 Å². The fourth-order valence-electron chi connectivity index (χ4n) is 4.52. The van der Waals surface area contributed by atoms with E-state index in [2.05, 4.69) is 51.7 Å². The van der Waals surface area contributed by atoms with Crippen molar-refractivity contribution in [1.29, 1.82) is 0 Å². The molecule has 33 heavy (non-hydrogen) atoms. The number of anilines is 1. The van der Waals surface area contributed by atoms with Crippen LogP contribution in [0.5, 0.6) is 0 Å². The Kier molecular flexibility index (Phi) is 5.82. The number of nitrogens with two attached hydrogens (primary N) is 1. The van der Waals surface area contributed by atoms with Crippen molar-refractivity contribution in [3.05, 3.63) is 60.1 Å². The van der Waals surface area contributed by atoms with Crippen molar-refractivity contribution < 1.29 is 9.26 Å². The molecule has 5 rings (SSSR count). The first-order valence-electron chi connectivity index (χ1n) is 11.3. The fourth-order valence-corrected chi connectivity index (χ4v) is 4.52. The van der Waals surface area contributed by atoms with E-state index in [1.54, 1.807) is 19.5 Å². The average Bonchev–Trinajstić information content (AvgIpc) is 3.47. The van der Waals surface area contributed by atoms with Gasteiger partial charge in [-0.25, -0.2) is 15.4 Å². The van der Waals surface area contributed by atoms with Crippen molar-refractivity contribution in [3.8, 4) is 11.1 Å². The van der Waals surface area contributed by atoms with E-state index in [-0.39, 0.29) is 11.4 Å². The standard InChI is InChI=1S/C24H29N7O2/c1-24(19-4-3-5-19,20-8-6-16(7-9-20)17-12-26-23(25)27-13-17)22-29-21(33-30-22)18-14-28-31(15-18)10-11-32-2/h6-9,12-13,15,19,28H,3-5,10-11,14H2,1-2H3,(H2,25,26,27)/t24-/m1/s1. The van der Waals surface area contributed by atoms with Crippen LogP contribution in [0.25, 0.3) is 16.7 Å². The van der Waals surface area contributed by atoms with E-state index in [1.165, 1.54) is 12.0 Å². The van der Waals surface area contributed by atoms with Crippen molar-refractivity contribution in [2.24, 2.45) is 5.92 Å². The monoisotopic (exact) mass is 447 g/mol. The van der Waals surface area contributed by atoms with Crippen LogP contribution in [-0.4, -0.2) is 51.9 Å². The number of rotatable bonds is 8. The Morgan fingerprint density at radius 3 is 2.61 bits per heavy atom. The number of nitrogen functional groups attached to an aromatic ring is 1. The predicted molar refractivity (Wildman–Crippen MR) is 125 cm³/mol. The van der Waals surface area contributed by atoms with Crippen molar-refractivity contribution in [3.63, 3.8) is 0 Å². The SMILES string of the molecule is COCCN1C=C(c2nc([C@@](C)(c3ccc(-c4cnc(N)nc4)cc3)C3CCC3)no2)CN1. The zero-order chi connectivity index (χ0) is 22.8. The van der Waals surface area contributed by atoms with Gasteiger partial charge in [0.2, 0.25) is 5.95 Å². The number of nitrogens with zero attached hydrogens (tertiary/aromatic N) is 5. The topological polar surface area (TPSA) is 115 Å². The fraction of sp³-hybridized carbons (Fsp3) is 0.417. The number of hydrogen-bond acceptors (Lipinski definition) is 9. The molecular weight excluding hydrogens is 418 g/mol. The van der Waals surface area contributed by atoms with E-state index < -0.39 is 0 Å². The third kappa shape index (κ3) is 4.09. The molecule has 2 aromatic heterocycles. The summed E-state index contributed by atoms with van der Waals surface area (Å²) >= 11 is 0. The highest BCUT2D eigenvalue weighted by atomic mass is 16.5. The molecule has 1 aromatic carbocycles. The van der Waals surface area contributed by atoms with Gasteiger partial charge in [-0.15, -0.1) is 0 Å². The number of hydrazine groups is 1. The second kappa shape index (κ2) is 8.92. The summed E-state index contributed by atoms with van der Waals surface area (Å²) in [5, 5.41) is 6.45. The van der Waals surface area contributed by atoms with Gasteiger partial charge < -0.3 is 20.0 Å². The molecule has 2 aliphatic rings.